The Morgan fingerprint density at radius 2 is 1.69 bits per heavy atom. The number of carbonyl (C=O) groups excluding carboxylic acids is 1. The van der Waals surface area contributed by atoms with Crippen molar-refractivity contribution in [3.05, 3.63) is 0 Å². The monoisotopic (exact) mass is 436 g/mol. The molecule has 29 heavy (non-hydrogen) atoms. The molecular formula is C22H45ClN2O4. The summed E-state index contributed by atoms with van der Waals surface area (Å²) in [4.78, 5) is 17.3. The minimum atomic E-state index is -0.453. The van der Waals surface area contributed by atoms with Gasteiger partial charge in [-0.3, -0.25) is 4.90 Å². The molecule has 7 heteroatoms. The van der Waals surface area contributed by atoms with Crippen molar-refractivity contribution in [2.24, 2.45) is 5.92 Å². The highest BCUT2D eigenvalue weighted by Gasteiger charge is 2.33. The fourth-order valence-corrected chi connectivity index (χ4v) is 4.55. The van der Waals surface area contributed by atoms with Crippen LogP contribution in [0.5, 0.6) is 0 Å². The van der Waals surface area contributed by atoms with Gasteiger partial charge in [0.1, 0.15) is 6.10 Å². The molecule has 3 atom stereocenters. The second-order valence-corrected chi connectivity index (χ2v) is 8.58. The lowest BCUT2D eigenvalue weighted by molar-refractivity contribution is -0.0375. The van der Waals surface area contributed by atoms with E-state index in [2.05, 4.69) is 30.7 Å². The summed E-state index contributed by atoms with van der Waals surface area (Å²) in [6.07, 6.45) is 11.2. The zero-order valence-corrected chi connectivity index (χ0v) is 19.7. The molecule has 0 amide bonds. The standard InChI is InChI=1S/C22H42N2O3.ClH.H2O/c1-4-6-15-24(16-7-5-2)20-12-8-9-13-21(20)27-22(25)26-18-19-11-10-14-23(3)17-19;;/h19-21H,4-18H2,1-3H3;1H;1H2. The Morgan fingerprint density at radius 3 is 2.31 bits per heavy atom. The van der Waals surface area contributed by atoms with E-state index in [0.717, 1.165) is 51.9 Å². The Morgan fingerprint density at radius 1 is 1.03 bits per heavy atom. The Bertz CT molecular complexity index is 420. The molecule has 6 nitrogen and oxygen atoms in total. The molecule has 0 spiro atoms. The number of piperidine rings is 1. The lowest BCUT2D eigenvalue weighted by atomic mass is 9.90. The number of halogens is 1. The van der Waals surface area contributed by atoms with Crippen molar-refractivity contribution < 1.29 is 19.7 Å². The van der Waals surface area contributed by atoms with Crippen LogP contribution in [0.1, 0.15) is 78.1 Å². The van der Waals surface area contributed by atoms with Crippen molar-refractivity contribution in [2.45, 2.75) is 90.2 Å². The van der Waals surface area contributed by atoms with E-state index in [4.69, 9.17) is 9.47 Å². The number of hydrogen-bond donors (Lipinski definition) is 0. The van der Waals surface area contributed by atoms with Crippen LogP contribution in [0.3, 0.4) is 0 Å². The second-order valence-electron chi connectivity index (χ2n) is 8.58. The van der Waals surface area contributed by atoms with Crippen LogP contribution in [-0.4, -0.2) is 73.4 Å². The number of ether oxygens (including phenoxy) is 2. The molecule has 1 heterocycles. The predicted octanol–water partition coefficient (Wildman–Crippen LogP) is 4.29. The number of nitrogens with zero attached hydrogens (tertiary/aromatic N) is 2. The van der Waals surface area contributed by atoms with E-state index in [-0.39, 0.29) is 24.0 Å². The van der Waals surface area contributed by atoms with Crippen molar-refractivity contribution in [3.63, 3.8) is 0 Å². The molecule has 3 unspecified atom stereocenters. The molecule has 0 radical (unpaired) electrons. The molecule has 0 bridgehead atoms. The first-order chi connectivity index (χ1) is 13.1. The van der Waals surface area contributed by atoms with Crippen LogP contribution in [-0.2, 0) is 9.47 Å². The summed E-state index contributed by atoms with van der Waals surface area (Å²) in [6, 6.07) is 0.366. The Balaban J connectivity index is 0.00000392. The molecule has 2 rings (SSSR count). The van der Waals surface area contributed by atoms with Crippen molar-refractivity contribution in [3.8, 4) is 0 Å². The second kappa shape index (κ2) is 16.2. The minimum absolute atomic E-state index is 0. The summed E-state index contributed by atoms with van der Waals surface area (Å²) in [5, 5.41) is 0. The molecule has 1 aliphatic heterocycles. The maximum Gasteiger partial charge on any atom is 0.508 e. The number of likely N-dealkylation sites (tertiary alicyclic amines) is 1. The molecular weight excluding hydrogens is 392 g/mol. The van der Waals surface area contributed by atoms with Gasteiger partial charge in [0.15, 0.2) is 0 Å². The van der Waals surface area contributed by atoms with Crippen LogP contribution in [0.4, 0.5) is 4.79 Å². The van der Waals surface area contributed by atoms with Gasteiger partial charge in [-0.1, -0.05) is 33.1 Å². The third kappa shape index (κ3) is 10.3. The Hall–Kier alpha value is -0.560. The quantitative estimate of drug-likeness (QED) is 0.477. The van der Waals surface area contributed by atoms with E-state index in [1.165, 1.54) is 38.5 Å². The number of carbonyl (C=O) groups is 1. The van der Waals surface area contributed by atoms with E-state index in [1.807, 2.05) is 0 Å². The van der Waals surface area contributed by atoms with Gasteiger partial charge in [-0.05, 0) is 71.6 Å². The molecule has 2 fully saturated rings. The average molecular weight is 437 g/mol. The maximum absolute atomic E-state index is 12.4. The van der Waals surface area contributed by atoms with Crippen LogP contribution in [0.2, 0.25) is 0 Å². The number of unbranched alkanes of at least 4 members (excludes halogenated alkanes) is 2. The fraction of sp³-hybridized carbons (Fsp3) is 0.955. The van der Waals surface area contributed by atoms with Gasteiger partial charge in [-0.15, -0.1) is 12.4 Å². The summed E-state index contributed by atoms with van der Waals surface area (Å²) in [6.45, 7) is 9.38. The van der Waals surface area contributed by atoms with Crippen molar-refractivity contribution in [1.82, 2.24) is 9.80 Å². The van der Waals surface area contributed by atoms with Gasteiger partial charge < -0.3 is 19.8 Å². The van der Waals surface area contributed by atoms with Crippen LogP contribution >= 0.6 is 12.4 Å². The van der Waals surface area contributed by atoms with Crippen LogP contribution in [0.25, 0.3) is 0 Å². The summed E-state index contributed by atoms with van der Waals surface area (Å²) < 4.78 is 11.4. The molecule has 1 saturated heterocycles. The smallest absolute Gasteiger partial charge is 0.434 e. The summed E-state index contributed by atoms with van der Waals surface area (Å²) in [7, 11) is 2.14. The van der Waals surface area contributed by atoms with Gasteiger partial charge in [0.2, 0.25) is 0 Å². The molecule has 0 aromatic heterocycles. The van der Waals surface area contributed by atoms with Crippen molar-refractivity contribution >= 4 is 18.6 Å². The topological polar surface area (TPSA) is 73.5 Å². The predicted molar refractivity (Wildman–Crippen MR) is 121 cm³/mol. The van der Waals surface area contributed by atoms with E-state index in [0.29, 0.717) is 18.6 Å². The molecule has 2 N–H and O–H groups in total. The lowest BCUT2D eigenvalue weighted by Crippen LogP contribution is -2.48. The molecule has 1 aliphatic carbocycles. The number of hydrogen-bond acceptors (Lipinski definition) is 5. The van der Waals surface area contributed by atoms with Gasteiger partial charge in [0, 0.05) is 18.5 Å². The SMILES string of the molecule is CCCCN(CCCC)C1CCCCC1OC(=O)OCC1CCCN(C)C1.Cl.O. The molecule has 174 valence electrons. The zero-order valence-electron chi connectivity index (χ0n) is 18.9. The van der Waals surface area contributed by atoms with Crippen molar-refractivity contribution in [2.75, 3.05) is 39.8 Å². The normalized spacial score (nSPS) is 25.0. The molecule has 0 aromatic carbocycles. The molecule has 0 aromatic rings. The first-order valence-electron chi connectivity index (χ1n) is 11.4. The van der Waals surface area contributed by atoms with Gasteiger partial charge >= 0.3 is 6.16 Å². The Kier molecular flexibility index (Phi) is 15.9. The Labute approximate surface area is 184 Å². The fourth-order valence-electron chi connectivity index (χ4n) is 4.55. The summed E-state index contributed by atoms with van der Waals surface area (Å²) in [5.41, 5.74) is 0. The van der Waals surface area contributed by atoms with E-state index in [9.17, 15) is 4.79 Å². The van der Waals surface area contributed by atoms with Gasteiger partial charge in [-0.2, -0.15) is 0 Å². The third-order valence-corrected chi connectivity index (χ3v) is 6.14. The lowest BCUT2D eigenvalue weighted by Gasteiger charge is -2.39. The highest BCUT2D eigenvalue weighted by Crippen LogP contribution is 2.27. The molecule has 1 saturated carbocycles. The van der Waals surface area contributed by atoms with Gasteiger partial charge in [-0.25, -0.2) is 4.79 Å². The highest BCUT2D eigenvalue weighted by molar-refractivity contribution is 5.85. The summed E-state index contributed by atoms with van der Waals surface area (Å²) >= 11 is 0. The zero-order chi connectivity index (χ0) is 19.5. The van der Waals surface area contributed by atoms with Crippen LogP contribution < -0.4 is 0 Å². The average Bonchev–Trinajstić information content (AvgIpc) is 2.67. The van der Waals surface area contributed by atoms with E-state index >= 15 is 0 Å². The number of rotatable bonds is 10. The van der Waals surface area contributed by atoms with Crippen LogP contribution in [0.15, 0.2) is 0 Å². The van der Waals surface area contributed by atoms with E-state index in [1.54, 1.807) is 0 Å². The highest BCUT2D eigenvalue weighted by atomic mass is 35.5. The van der Waals surface area contributed by atoms with Gasteiger partial charge in [0.25, 0.3) is 0 Å². The largest absolute Gasteiger partial charge is 0.508 e. The van der Waals surface area contributed by atoms with Crippen LogP contribution in [0, 0.1) is 5.92 Å². The maximum atomic E-state index is 12.4. The van der Waals surface area contributed by atoms with Crippen molar-refractivity contribution in [1.29, 1.82) is 0 Å². The minimum Gasteiger partial charge on any atom is -0.434 e. The third-order valence-electron chi connectivity index (χ3n) is 6.14. The van der Waals surface area contributed by atoms with E-state index < -0.39 is 6.16 Å². The van der Waals surface area contributed by atoms with Gasteiger partial charge in [0.05, 0.1) is 6.61 Å². The summed E-state index contributed by atoms with van der Waals surface area (Å²) in [5.74, 6) is 0.448. The first kappa shape index (κ1) is 28.4. The first-order valence-corrected chi connectivity index (χ1v) is 11.4. The molecule has 2 aliphatic rings.